The third-order valence-corrected chi connectivity index (χ3v) is 3.34. The summed E-state index contributed by atoms with van der Waals surface area (Å²) >= 11 is 0. The maximum absolute atomic E-state index is 12.0. The van der Waals surface area contributed by atoms with Gasteiger partial charge in [-0.15, -0.1) is 0 Å². The molecule has 6 heteroatoms. The van der Waals surface area contributed by atoms with Crippen molar-refractivity contribution in [2.45, 2.75) is 13.3 Å². The number of hydrogen-bond donors (Lipinski definition) is 2. The van der Waals surface area contributed by atoms with Crippen LogP contribution in [0.1, 0.15) is 22.8 Å². The summed E-state index contributed by atoms with van der Waals surface area (Å²) in [6.07, 6.45) is 0.836. The van der Waals surface area contributed by atoms with E-state index in [0.717, 1.165) is 12.0 Å². The van der Waals surface area contributed by atoms with Gasteiger partial charge in [0.15, 0.2) is 6.61 Å². The third-order valence-electron chi connectivity index (χ3n) is 3.34. The van der Waals surface area contributed by atoms with Gasteiger partial charge in [0, 0.05) is 5.56 Å². The lowest BCUT2D eigenvalue weighted by atomic mass is 10.1. The Morgan fingerprint density at radius 1 is 1.00 bits per heavy atom. The van der Waals surface area contributed by atoms with Gasteiger partial charge in [0.2, 0.25) is 0 Å². The van der Waals surface area contributed by atoms with E-state index in [-0.39, 0.29) is 12.5 Å². The second-order valence-corrected chi connectivity index (χ2v) is 5.02. The summed E-state index contributed by atoms with van der Waals surface area (Å²) in [7, 11) is 1.57. The predicted molar refractivity (Wildman–Crippen MR) is 89.9 cm³/mol. The van der Waals surface area contributed by atoms with E-state index in [1.54, 1.807) is 43.5 Å². The number of methoxy groups -OCH3 is 1. The van der Waals surface area contributed by atoms with Crippen LogP contribution >= 0.6 is 0 Å². The van der Waals surface area contributed by atoms with E-state index >= 15 is 0 Å². The van der Waals surface area contributed by atoms with Crippen molar-refractivity contribution < 1.29 is 19.1 Å². The monoisotopic (exact) mass is 328 g/mol. The van der Waals surface area contributed by atoms with Gasteiger partial charge in [-0.25, -0.2) is 0 Å². The molecule has 0 saturated carbocycles. The fourth-order valence-electron chi connectivity index (χ4n) is 1.99. The van der Waals surface area contributed by atoms with Gasteiger partial charge in [-0.05, 0) is 48.4 Å². The van der Waals surface area contributed by atoms with Gasteiger partial charge in [0.1, 0.15) is 11.5 Å². The topological polar surface area (TPSA) is 76.7 Å². The molecule has 0 unspecified atom stereocenters. The van der Waals surface area contributed by atoms with E-state index in [1.165, 1.54) is 0 Å². The summed E-state index contributed by atoms with van der Waals surface area (Å²) in [5.74, 6) is 0.412. The lowest BCUT2D eigenvalue weighted by Gasteiger charge is -2.09. The molecule has 2 aromatic carbocycles. The van der Waals surface area contributed by atoms with Crippen molar-refractivity contribution in [1.29, 1.82) is 0 Å². The molecule has 2 amide bonds. The van der Waals surface area contributed by atoms with E-state index in [2.05, 4.69) is 10.9 Å². The first-order valence-electron chi connectivity index (χ1n) is 7.57. The Hall–Kier alpha value is -3.02. The minimum atomic E-state index is -0.453. The molecule has 0 bridgehead atoms. The quantitative estimate of drug-likeness (QED) is 0.796. The average molecular weight is 328 g/mol. The summed E-state index contributed by atoms with van der Waals surface area (Å²) in [6.45, 7) is 1.80. The van der Waals surface area contributed by atoms with Crippen LogP contribution in [0.15, 0.2) is 48.5 Å². The van der Waals surface area contributed by atoms with Gasteiger partial charge < -0.3 is 9.47 Å². The molecule has 0 atom stereocenters. The van der Waals surface area contributed by atoms with Gasteiger partial charge >= 0.3 is 0 Å². The molecule has 0 aliphatic carbocycles. The first-order valence-corrected chi connectivity index (χ1v) is 7.57. The average Bonchev–Trinajstić information content (AvgIpc) is 2.64. The van der Waals surface area contributed by atoms with Crippen LogP contribution in [-0.2, 0) is 11.2 Å². The van der Waals surface area contributed by atoms with Crippen molar-refractivity contribution in [3.63, 3.8) is 0 Å². The van der Waals surface area contributed by atoms with Gasteiger partial charge in [-0.1, -0.05) is 19.1 Å². The minimum Gasteiger partial charge on any atom is -0.497 e. The Bertz CT molecular complexity index is 698. The molecule has 0 aliphatic rings. The molecule has 2 N–H and O–H groups in total. The number of nitrogens with one attached hydrogen (secondary N) is 2. The molecule has 126 valence electrons. The van der Waals surface area contributed by atoms with E-state index in [9.17, 15) is 9.59 Å². The molecular weight excluding hydrogens is 308 g/mol. The number of aryl methyl sites for hydroxylation is 1. The summed E-state index contributed by atoms with van der Waals surface area (Å²) in [5, 5.41) is 0. The maximum atomic E-state index is 12.0. The first kappa shape index (κ1) is 17.3. The maximum Gasteiger partial charge on any atom is 0.276 e. The third kappa shape index (κ3) is 5.01. The highest BCUT2D eigenvalue weighted by atomic mass is 16.5. The Labute approximate surface area is 140 Å². The molecule has 0 aliphatic heterocycles. The van der Waals surface area contributed by atoms with Gasteiger partial charge in [0.05, 0.1) is 7.11 Å². The van der Waals surface area contributed by atoms with Crippen LogP contribution in [0.2, 0.25) is 0 Å². The van der Waals surface area contributed by atoms with Crippen molar-refractivity contribution >= 4 is 11.8 Å². The second kappa shape index (κ2) is 8.57. The number of amides is 2. The van der Waals surface area contributed by atoms with E-state index in [4.69, 9.17) is 9.47 Å². The van der Waals surface area contributed by atoms with E-state index < -0.39 is 5.91 Å². The SMILES string of the molecule is CCc1cccc(C(=O)NNC(=O)COc2ccc(OC)cc2)c1. The number of carbonyl (C=O) groups excluding carboxylic acids is 2. The zero-order valence-electron chi connectivity index (χ0n) is 13.7. The summed E-state index contributed by atoms with van der Waals surface area (Å²) in [5.41, 5.74) is 6.23. The van der Waals surface area contributed by atoms with E-state index in [1.807, 2.05) is 19.1 Å². The fraction of sp³-hybridized carbons (Fsp3) is 0.222. The van der Waals surface area contributed by atoms with Crippen molar-refractivity contribution in [3.8, 4) is 11.5 Å². The van der Waals surface area contributed by atoms with Crippen LogP contribution in [0.5, 0.6) is 11.5 Å². The number of benzene rings is 2. The highest BCUT2D eigenvalue weighted by Gasteiger charge is 2.08. The van der Waals surface area contributed by atoms with Crippen molar-refractivity contribution in [2.75, 3.05) is 13.7 Å². The highest BCUT2D eigenvalue weighted by molar-refractivity contribution is 5.95. The first-order chi connectivity index (χ1) is 11.6. The molecule has 6 nitrogen and oxygen atoms in total. The van der Waals surface area contributed by atoms with Crippen LogP contribution < -0.4 is 20.3 Å². The van der Waals surface area contributed by atoms with E-state index in [0.29, 0.717) is 17.1 Å². The lowest BCUT2D eigenvalue weighted by molar-refractivity contribution is -0.123. The molecule has 24 heavy (non-hydrogen) atoms. The summed E-state index contributed by atoms with van der Waals surface area (Å²) in [4.78, 5) is 23.7. The number of ether oxygens (including phenoxy) is 2. The Morgan fingerprint density at radius 2 is 1.71 bits per heavy atom. The van der Waals surface area contributed by atoms with Crippen LogP contribution in [0, 0.1) is 0 Å². The molecule has 0 heterocycles. The van der Waals surface area contributed by atoms with Gasteiger partial charge in [0.25, 0.3) is 11.8 Å². The summed E-state index contributed by atoms with van der Waals surface area (Å²) in [6, 6.07) is 14.1. The Morgan fingerprint density at radius 3 is 2.38 bits per heavy atom. The zero-order valence-corrected chi connectivity index (χ0v) is 13.7. The smallest absolute Gasteiger partial charge is 0.276 e. The summed E-state index contributed by atoms with van der Waals surface area (Å²) < 4.78 is 10.4. The molecule has 0 radical (unpaired) electrons. The van der Waals surface area contributed by atoms with Crippen molar-refractivity contribution in [2.24, 2.45) is 0 Å². The van der Waals surface area contributed by atoms with Gasteiger partial charge in [-0.3, -0.25) is 20.4 Å². The molecular formula is C18H20N2O4. The van der Waals surface area contributed by atoms with Crippen LogP contribution in [0.4, 0.5) is 0 Å². The molecule has 0 aromatic heterocycles. The fourth-order valence-corrected chi connectivity index (χ4v) is 1.99. The van der Waals surface area contributed by atoms with Crippen molar-refractivity contribution in [3.05, 3.63) is 59.7 Å². The molecule has 0 saturated heterocycles. The molecule has 0 fully saturated rings. The lowest BCUT2D eigenvalue weighted by Crippen LogP contribution is -2.43. The standard InChI is InChI=1S/C18H20N2O4/c1-3-13-5-4-6-14(11-13)18(22)20-19-17(21)12-24-16-9-7-15(23-2)8-10-16/h4-11H,3,12H2,1-2H3,(H,19,21)(H,20,22). The number of rotatable bonds is 6. The van der Waals surface area contributed by atoms with Crippen molar-refractivity contribution in [1.82, 2.24) is 10.9 Å². The highest BCUT2D eigenvalue weighted by Crippen LogP contribution is 2.16. The zero-order chi connectivity index (χ0) is 17.4. The largest absolute Gasteiger partial charge is 0.497 e. The van der Waals surface area contributed by atoms with Crippen LogP contribution in [0.3, 0.4) is 0 Å². The Balaban J connectivity index is 1.78. The van der Waals surface area contributed by atoms with Crippen LogP contribution in [-0.4, -0.2) is 25.5 Å². The number of carbonyl (C=O) groups is 2. The molecule has 2 rings (SSSR count). The second-order valence-electron chi connectivity index (χ2n) is 5.02. The predicted octanol–water partition coefficient (Wildman–Crippen LogP) is 2.10. The molecule has 0 spiro atoms. The number of hydrazine groups is 1. The minimum absolute atomic E-state index is 0.207. The Kier molecular flexibility index (Phi) is 6.19. The van der Waals surface area contributed by atoms with Crippen LogP contribution in [0.25, 0.3) is 0 Å². The number of hydrogen-bond acceptors (Lipinski definition) is 4. The molecule has 2 aromatic rings. The van der Waals surface area contributed by atoms with Gasteiger partial charge in [-0.2, -0.15) is 0 Å². The normalized spacial score (nSPS) is 9.92.